The van der Waals surface area contributed by atoms with Gasteiger partial charge in [0.25, 0.3) is 0 Å². The molecule has 1 heteroatoms. The molecule has 0 saturated heterocycles. The second-order valence-electron chi connectivity index (χ2n) is 8.91. The summed E-state index contributed by atoms with van der Waals surface area (Å²) in [6.45, 7) is 12.0. The Bertz CT molecular complexity index is 1450. The number of hydrogen-bond donors (Lipinski definition) is 0. The number of fused-ring (bicyclic) bond motifs is 6. The van der Waals surface area contributed by atoms with Gasteiger partial charge in [0.1, 0.15) is 0 Å². The maximum Gasteiger partial charge on any atom is 0.180 e. The third-order valence-corrected chi connectivity index (χ3v) is 12.3. The molecule has 0 amide bonds. The SMILES string of the molecule is CC.CC.CC.c1ccc([Si]2(c3ccc4c(c3)-c3ccccc3C4)c3ccccc3-c3ccccc32)cc1. The molecule has 1 heterocycles. The first-order chi connectivity index (χ1) is 18.9. The van der Waals surface area contributed by atoms with E-state index in [1.54, 1.807) is 0 Å². The highest BCUT2D eigenvalue weighted by atomic mass is 28.3. The average Bonchev–Trinajstić information content (AvgIpc) is 3.54. The second-order valence-corrected chi connectivity index (χ2v) is 12.6. The quantitative estimate of drug-likeness (QED) is 0.208. The molecule has 192 valence electrons. The van der Waals surface area contributed by atoms with Crippen molar-refractivity contribution in [1.82, 2.24) is 0 Å². The first-order valence-electron chi connectivity index (χ1n) is 14.3. The van der Waals surface area contributed by atoms with Crippen LogP contribution in [0.4, 0.5) is 0 Å². The first kappa shape index (κ1) is 27.4. The van der Waals surface area contributed by atoms with E-state index in [1.807, 2.05) is 41.5 Å². The lowest BCUT2D eigenvalue weighted by atomic mass is 10.1. The van der Waals surface area contributed by atoms with E-state index in [0.717, 1.165) is 6.42 Å². The first-order valence-corrected chi connectivity index (χ1v) is 16.3. The summed E-state index contributed by atoms with van der Waals surface area (Å²) >= 11 is 0. The fraction of sp³-hybridized carbons (Fsp3) is 0.189. The lowest BCUT2D eigenvalue weighted by Gasteiger charge is -2.31. The molecule has 0 nitrogen and oxygen atoms in total. The van der Waals surface area contributed by atoms with Gasteiger partial charge in [0.15, 0.2) is 8.07 Å². The van der Waals surface area contributed by atoms with Crippen LogP contribution in [0.2, 0.25) is 0 Å². The minimum absolute atomic E-state index is 1.04. The number of benzene rings is 5. The number of hydrogen-bond acceptors (Lipinski definition) is 0. The molecule has 0 bridgehead atoms. The zero-order chi connectivity index (χ0) is 27.1. The summed E-state index contributed by atoms with van der Waals surface area (Å²) in [6.07, 6.45) is 1.04. The van der Waals surface area contributed by atoms with Crippen molar-refractivity contribution in [3.63, 3.8) is 0 Å². The topological polar surface area (TPSA) is 0 Å². The Kier molecular flexibility index (Phi) is 8.81. The largest absolute Gasteiger partial charge is 0.180 e. The summed E-state index contributed by atoms with van der Waals surface area (Å²) in [5, 5.41) is 5.97. The Labute approximate surface area is 231 Å². The molecule has 0 radical (unpaired) electrons. The molecule has 0 aromatic heterocycles. The third kappa shape index (κ3) is 4.25. The van der Waals surface area contributed by atoms with Crippen molar-refractivity contribution >= 4 is 28.8 Å². The highest BCUT2D eigenvalue weighted by molar-refractivity contribution is 7.22. The van der Waals surface area contributed by atoms with Gasteiger partial charge < -0.3 is 0 Å². The van der Waals surface area contributed by atoms with Gasteiger partial charge in [-0.15, -0.1) is 0 Å². The molecule has 0 unspecified atom stereocenters. The van der Waals surface area contributed by atoms with Gasteiger partial charge in [-0.1, -0.05) is 163 Å². The fourth-order valence-electron chi connectivity index (χ4n) is 6.07. The Balaban J connectivity index is 0.000000526. The predicted molar refractivity (Wildman–Crippen MR) is 171 cm³/mol. The lowest BCUT2D eigenvalue weighted by molar-refractivity contribution is 1.26. The lowest BCUT2D eigenvalue weighted by Crippen LogP contribution is -2.72. The van der Waals surface area contributed by atoms with Crippen LogP contribution in [-0.4, -0.2) is 8.07 Å². The summed E-state index contributed by atoms with van der Waals surface area (Å²) in [7, 11) is -2.39. The van der Waals surface area contributed by atoms with Crippen LogP contribution >= 0.6 is 0 Å². The Hall–Kier alpha value is -3.68. The van der Waals surface area contributed by atoms with Gasteiger partial charge in [0, 0.05) is 0 Å². The maximum atomic E-state index is 2.53. The molecule has 1 aliphatic carbocycles. The normalized spacial score (nSPS) is 12.6. The van der Waals surface area contributed by atoms with Crippen LogP contribution in [0.15, 0.2) is 121 Å². The Morgan fingerprint density at radius 3 is 1.47 bits per heavy atom. The third-order valence-electron chi connectivity index (χ3n) is 7.39. The van der Waals surface area contributed by atoms with E-state index in [0.29, 0.717) is 0 Å². The standard InChI is InChI=1S/C31H22Si.3C2H6/c1-2-11-24(12-3-1)32(30-16-8-6-14-27(30)28-15-7-9-17-31(28)32)25-19-18-23-20-22-10-4-5-13-26(22)29(23)21-25;3*1-2/h1-19,21H,20H2;3*1-2H3. The van der Waals surface area contributed by atoms with Gasteiger partial charge in [0.2, 0.25) is 0 Å². The van der Waals surface area contributed by atoms with Crippen LogP contribution in [0.5, 0.6) is 0 Å². The van der Waals surface area contributed by atoms with E-state index in [2.05, 4.69) is 121 Å². The van der Waals surface area contributed by atoms with Crippen molar-refractivity contribution in [3.8, 4) is 22.3 Å². The average molecular weight is 513 g/mol. The van der Waals surface area contributed by atoms with Crippen molar-refractivity contribution < 1.29 is 0 Å². The summed E-state index contributed by atoms with van der Waals surface area (Å²) in [5.74, 6) is 0. The molecule has 0 N–H and O–H groups in total. The van der Waals surface area contributed by atoms with Crippen molar-refractivity contribution in [1.29, 1.82) is 0 Å². The van der Waals surface area contributed by atoms with Gasteiger partial charge >= 0.3 is 0 Å². The van der Waals surface area contributed by atoms with Crippen LogP contribution in [-0.2, 0) is 6.42 Å². The van der Waals surface area contributed by atoms with E-state index < -0.39 is 8.07 Å². The van der Waals surface area contributed by atoms with Crippen LogP contribution in [0, 0.1) is 0 Å². The highest BCUT2D eigenvalue weighted by Gasteiger charge is 2.48. The summed E-state index contributed by atoms with van der Waals surface area (Å²) < 4.78 is 0. The molecule has 0 fully saturated rings. The molecule has 0 spiro atoms. The van der Waals surface area contributed by atoms with E-state index in [9.17, 15) is 0 Å². The molecular weight excluding hydrogens is 472 g/mol. The van der Waals surface area contributed by atoms with E-state index in [1.165, 1.54) is 54.1 Å². The Morgan fingerprint density at radius 2 is 0.868 bits per heavy atom. The summed E-state index contributed by atoms with van der Waals surface area (Å²) in [6, 6.07) is 45.7. The van der Waals surface area contributed by atoms with Gasteiger partial charge in [-0.05, 0) is 60.5 Å². The zero-order valence-electron chi connectivity index (χ0n) is 23.8. The van der Waals surface area contributed by atoms with Crippen LogP contribution < -0.4 is 20.7 Å². The zero-order valence-corrected chi connectivity index (χ0v) is 24.8. The molecule has 2 aliphatic rings. The van der Waals surface area contributed by atoms with Gasteiger partial charge in [-0.25, -0.2) is 0 Å². The molecule has 5 aromatic rings. The van der Waals surface area contributed by atoms with Crippen molar-refractivity contribution in [2.24, 2.45) is 0 Å². The second kappa shape index (κ2) is 12.2. The smallest absolute Gasteiger partial charge is 0.0683 e. The minimum Gasteiger partial charge on any atom is -0.0683 e. The van der Waals surface area contributed by atoms with E-state index in [4.69, 9.17) is 0 Å². The van der Waals surface area contributed by atoms with Gasteiger partial charge in [-0.2, -0.15) is 0 Å². The summed E-state index contributed by atoms with van der Waals surface area (Å²) in [4.78, 5) is 0. The van der Waals surface area contributed by atoms with Crippen LogP contribution in [0.1, 0.15) is 52.7 Å². The summed E-state index contributed by atoms with van der Waals surface area (Å²) in [5.41, 5.74) is 8.52. The molecule has 0 saturated carbocycles. The van der Waals surface area contributed by atoms with Crippen LogP contribution in [0.25, 0.3) is 22.3 Å². The predicted octanol–water partition coefficient (Wildman–Crippen LogP) is 7.69. The van der Waals surface area contributed by atoms with Gasteiger partial charge in [-0.3, -0.25) is 0 Å². The molecule has 38 heavy (non-hydrogen) atoms. The fourth-order valence-corrected chi connectivity index (χ4v) is 11.3. The monoisotopic (exact) mass is 512 g/mol. The molecule has 1 aliphatic heterocycles. The van der Waals surface area contributed by atoms with E-state index in [-0.39, 0.29) is 0 Å². The molecule has 7 rings (SSSR count). The van der Waals surface area contributed by atoms with Crippen LogP contribution in [0.3, 0.4) is 0 Å². The van der Waals surface area contributed by atoms with E-state index >= 15 is 0 Å². The molecular formula is C37H40Si. The van der Waals surface area contributed by atoms with Crippen molar-refractivity contribution in [2.45, 2.75) is 48.0 Å². The highest BCUT2D eigenvalue weighted by Crippen LogP contribution is 2.37. The van der Waals surface area contributed by atoms with Crippen molar-refractivity contribution in [2.75, 3.05) is 0 Å². The Morgan fingerprint density at radius 1 is 0.395 bits per heavy atom. The minimum atomic E-state index is -2.39. The van der Waals surface area contributed by atoms with Crippen molar-refractivity contribution in [3.05, 3.63) is 132 Å². The van der Waals surface area contributed by atoms with Gasteiger partial charge in [0.05, 0.1) is 0 Å². The molecule has 0 atom stereocenters. The molecule has 5 aromatic carbocycles. The maximum absolute atomic E-state index is 2.53. The number of rotatable bonds is 2.